The second-order valence-corrected chi connectivity index (χ2v) is 10.3. The molecule has 1 saturated carbocycles. The SMILES string of the molecule is CN1C=CC=C(CN2CC[C@H](C[C@]3(CCC4CCCCC4)NC(N)N(C)C3=O)C2)C1. The normalized spacial score (nSPS) is 33.6. The second-order valence-electron chi connectivity index (χ2n) is 10.3. The van der Waals surface area contributed by atoms with Crippen LogP contribution in [0.25, 0.3) is 0 Å². The predicted molar refractivity (Wildman–Crippen MR) is 121 cm³/mol. The van der Waals surface area contributed by atoms with E-state index < -0.39 is 5.54 Å². The van der Waals surface area contributed by atoms with Gasteiger partial charge in [0.2, 0.25) is 5.91 Å². The van der Waals surface area contributed by atoms with Crippen LogP contribution in [0.4, 0.5) is 0 Å². The molecular weight excluding hydrogens is 374 g/mol. The first-order valence-electron chi connectivity index (χ1n) is 12.0. The Labute approximate surface area is 182 Å². The molecular formula is C24H41N5O. The lowest BCUT2D eigenvalue weighted by atomic mass is 9.78. The van der Waals surface area contributed by atoms with E-state index in [2.05, 4.69) is 40.5 Å². The fourth-order valence-electron chi connectivity index (χ4n) is 6.12. The molecule has 0 aromatic heterocycles. The fraction of sp³-hybridized carbons (Fsp3) is 0.792. The smallest absolute Gasteiger partial charge is 0.244 e. The number of nitrogens with zero attached hydrogens (tertiary/aromatic N) is 3. The summed E-state index contributed by atoms with van der Waals surface area (Å²) in [5.74, 6) is 1.56. The van der Waals surface area contributed by atoms with Crippen LogP contribution in [-0.4, -0.2) is 72.7 Å². The fourth-order valence-corrected chi connectivity index (χ4v) is 6.12. The quantitative estimate of drug-likeness (QED) is 0.669. The van der Waals surface area contributed by atoms with Crippen molar-refractivity contribution < 1.29 is 4.79 Å². The average molecular weight is 416 g/mol. The molecule has 6 nitrogen and oxygen atoms in total. The van der Waals surface area contributed by atoms with Gasteiger partial charge in [-0.25, -0.2) is 0 Å². The number of likely N-dealkylation sites (tertiary alicyclic amines) is 1. The molecule has 0 bridgehead atoms. The molecule has 1 aliphatic carbocycles. The Hall–Kier alpha value is -1.37. The molecule has 0 aromatic rings. The zero-order chi connectivity index (χ0) is 21.1. The zero-order valence-electron chi connectivity index (χ0n) is 19.0. The summed E-state index contributed by atoms with van der Waals surface area (Å²) in [6.07, 6.45) is 17.1. The lowest BCUT2D eigenvalue weighted by Gasteiger charge is -2.32. The maximum absolute atomic E-state index is 13.3. The number of hydrogen-bond acceptors (Lipinski definition) is 5. The molecule has 0 aromatic carbocycles. The molecule has 6 heteroatoms. The number of carbonyl (C=O) groups is 1. The number of carbonyl (C=O) groups excluding carboxylic acids is 1. The molecule has 1 amide bonds. The van der Waals surface area contributed by atoms with Gasteiger partial charge in [0.1, 0.15) is 11.8 Å². The molecule has 4 aliphatic rings. The lowest BCUT2D eigenvalue weighted by molar-refractivity contribution is -0.133. The van der Waals surface area contributed by atoms with E-state index in [1.165, 1.54) is 44.1 Å². The largest absolute Gasteiger partial charge is 0.376 e. The number of hydrogen-bond donors (Lipinski definition) is 2. The van der Waals surface area contributed by atoms with E-state index in [9.17, 15) is 4.79 Å². The number of amides is 1. The Morgan fingerprint density at radius 3 is 2.67 bits per heavy atom. The Balaban J connectivity index is 1.36. The number of allylic oxidation sites excluding steroid dienone is 2. The summed E-state index contributed by atoms with van der Waals surface area (Å²) in [5, 5.41) is 3.54. The first kappa shape index (κ1) is 21.8. The van der Waals surface area contributed by atoms with Crippen LogP contribution >= 0.6 is 0 Å². The van der Waals surface area contributed by atoms with Crippen molar-refractivity contribution in [2.45, 2.75) is 69.6 Å². The van der Waals surface area contributed by atoms with E-state index >= 15 is 0 Å². The van der Waals surface area contributed by atoms with E-state index in [-0.39, 0.29) is 12.2 Å². The van der Waals surface area contributed by atoms with Gasteiger partial charge in [-0.05, 0) is 61.9 Å². The van der Waals surface area contributed by atoms with Crippen LogP contribution in [0.5, 0.6) is 0 Å². The molecule has 3 aliphatic heterocycles. The summed E-state index contributed by atoms with van der Waals surface area (Å²) in [7, 11) is 3.98. The van der Waals surface area contributed by atoms with Gasteiger partial charge in [-0.2, -0.15) is 0 Å². The van der Waals surface area contributed by atoms with E-state index in [4.69, 9.17) is 5.73 Å². The molecule has 0 spiro atoms. The Morgan fingerprint density at radius 2 is 1.97 bits per heavy atom. The van der Waals surface area contributed by atoms with Crippen LogP contribution < -0.4 is 11.1 Å². The predicted octanol–water partition coefficient (Wildman–Crippen LogP) is 2.49. The third kappa shape index (κ3) is 4.92. The molecule has 168 valence electrons. The van der Waals surface area contributed by atoms with Crippen LogP contribution in [0.2, 0.25) is 0 Å². The van der Waals surface area contributed by atoms with Crippen LogP contribution in [0.3, 0.4) is 0 Å². The van der Waals surface area contributed by atoms with Gasteiger partial charge in [-0.1, -0.05) is 38.2 Å². The van der Waals surface area contributed by atoms with E-state index in [1.807, 2.05) is 7.05 Å². The Morgan fingerprint density at radius 1 is 1.17 bits per heavy atom. The van der Waals surface area contributed by atoms with Crippen LogP contribution in [-0.2, 0) is 4.79 Å². The standard InChI is InChI=1S/C24H41N5O/c1-27-13-6-9-21(16-27)18-29-14-11-20(17-29)15-24(22(30)28(2)23(25)26-24)12-10-19-7-4-3-5-8-19/h6,9,13,19-20,23,26H,3-5,7-8,10-12,14-18,25H2,1-2H3/t20-,23?,24+/m1/s1. The monoisotopic (exact) mass is 415 g/mol. The van der Waals surface area contributed by atoms with Gasteiger partial charge < -0.3 is 9.80 Å². The van der Waals surface area contributed by atoms with Crippen molar-refractivity contribution in [2.75, 3.05) is 40.3 Å². The molecule has 3 N–H and O–H groups in total. The van der Waals surface area contributed by atoms with Crippen molar-refractivity contribution in [2.24, 2.45) is 17.6 Å². The van der Waals surface area contributed by atoms with Gasteiger partial charge in [-0.3, -0.25) is 20.7 Å². The third-order valence-electron chi connectivity index (χ3n) is 7.83. The summed E-state index contributed by atoms with van der Waals surface area (Å²) in [4.78, 5) is 19.8. The van der Waals surface area contributed by atoms with Crippen molar-refractivity contribution >= 4 is 5.91 Å². The number of nitrogens with two attached hydrogens (primary N) is 1. The van der Waals surface area contributed by atoms with Crippen molar-refractivity contribution in [3.8, 4) is 0 Å². The van der Waals surface area contributed by atoms with Crippen molar-refractivity contribution in [3.63, 3.8) is 0 Å². The van der Waals surface area contributed by atoms with E-state index in [0.717, 1.165) is 51.4 Å². The summed E-state index contributed by atoms with van der Waals surface area (Å²) in [5.41, 5.74) is 7.27. The van der Waals surface area contributed by atoms with Crippen molar-refractivity contribution in [1.29, 1.82) is 0 Å². The number of rotatable bonds is 7. The van der Waals surface area contributed by atoms with Gasteiger partial charge >= 0.3 is 0 Å². The molecule has 3 heterocycles. The molecule has 3 atom stereocenters. The zero-order valence-corrected chi connectivity index (χ0v) is 19.0. The van der Waals surface area contributed by atoms with Crippen molar-refractivity contribution in [3.05, 3.63) is 23.9 Å². The maximum Gasteiger partial charge on any atom is 0.244 e. The number of likely N-dealkylation sites (N-methyl/N-ethyl adjacent to an activating group) is 2. The average Bonchev–Trinajstić information content (AvgIpc) is 3.25. The van der Waals surface area contributed by atoms with Crippen LogP contribution in [0.15, 0.2) is 23.9 Å². The molecule has 0 radical (unpaired) electrons. The minimum atomic E-state index is -0.459. The Kier molecular flexibility index (Phi) is 6.85. The Bertz CT molecular complexity index is 671. The molecule has 2 saturated heterocycles. The highest BCUT2D eigenvalue weighted by Gasteiger charge is 2.50. The summed E-state index contributed by atoms with van der Waals surface area (Å²) >= 11 is 0. The highest BCUT2D eigenvalue weighted by molar-refractivity contribution is 5.88. The third-order valence-corrected chi connectivity index (χ3v) is 7.83. The maximum atomic E-state index is 13.3. The van der Waals surface area contributed by atoms with Gasteiger partial charge in [0.05, 0.1) is 0 Å². The van der Waals surface area contributed by atoms with Gasteiger partial charge in [0.25, 0.3) is 0 Å². The van der Waals surface area contributed by atoms with Crippen LogP contribution in [0.1, 0.15) is 57.8 Å². The summed E-state index contributed by atoms with van der Waals surface area (Å²) in [6.45, 7) is 4.28. The second kappa shape index (κ2) is 9.41. The van der Waals surface area contributed by atoms with Crippen molar-refractivity contribution in [1.82, 2.24) is 20.0 Å². The minimum absolute atomic E-state index is 0.214. The molecule has 1 unspecified atom stereocenters. The van der Waals surface area contributed by atoms with E-state index in [0.29, 0.717) is 5.92 Å². The molecule has 4 rings (SSSR count). The van der Waals surface area contributed by atoms with Crippen LogP contribution in [0, 0.1) is 11.8 Å². The first-order valence-corrected chi connectivity index (χ1v) is 12.0. The first-order chi connectivity index (χ1) is 14.4. The van der Waals surface area contributed by atoms with Gasteiger partial charge in [0.15, 0.2) is 0 Å². The molecule has 3 fully saturated rings. The molecule has 30 heavy (non-hydrogen) atoms. The number of nitrogens with one attached hydrogen (secondary N) is 1. The topological polar surface area (TPSA) is 64.8 Å². The summed E-state index contributed by atoms with van der Waals surface area (Å²) < 4.78 is 0. The lowest BCUT2D eigenvalue weighted by Crippen LogP contribution is -2.51. The highest BCUT2D eigenvalue weighted by Crippen LogP contribution is 2.37. The summed E-state index contributed by atoms with van der Waals surface area (Å²) in [6, 6.07) is 0. The highest BCUT2D eigenvalue weighted by atomic mass is 16.2. The van der Waals surface area contributed by atoms with Gasteiger partial charge in [0, 0.05) is 33.7 Å². The van der Waals surface area contributed by atoms with Gasteiger partial charge in [-0.15, -0.1) is 0 Å². The van der Waals surface area contributed by atoms with E-state index in [1.54, 1.807) is 4.90 Å². The minimum Gasteiger partial charge on any atom is -0.376 e.